The molecule has 4 nitrogen and oxygen atoms in total. The zero-order valence-corrected chi connectivity index (χ0v) is 10.8. The molecule has 0 saturated heterocycles. The van der Waals surface area contributed by atoms with Gasteiger partial charge in [0.15, 0.2) is 5.78 Å². The summed E-state index contributed by atoms with van der Waals surface area (Å²) in [5.41, 5.74) is 1.67. The first-order valence-electron chi connectivity index (χ1n) is 6.51. The van der Waals surface area contributed by atoms with Gasteiger partial charge in [0.25, 0.3) is 0 Å². The van der Waals surface area contributed by atoms with Crippen LogP contribution in [-0.4, -0.2) is 22.9 Å². The maximum absolute atomic E-state index is 12.4. The molecular weight excluding hydrogens is 242 g/mol. The Hall–Kier alpha value is -2.10. The second-order valence-electron chi connectivity index (χ2n) is 4.70. The number of benzene rings is 1. The van der Waals surface area contributed by atoms with Gasteiger partial charge in [0.2, 0.25) is 0 Å². The van der Waals surface area contributed by atoms with Crippen LogP contribution in [0.2, 0.25) is 0 Å². The van der Waals surface area contributed by atoms with Crippen LogP contribution >= 0.6 is 0 Å². The highest BCUT2D eigenvalue weighted by Gasteiger charge is 2.34. The van der Waals surface area contributed by atoms with Crippen molar-refractivity contribution < 1.29 is 14.3 Å². The molecule has 0 fully saturated rings. The quantitative estimate of drug-likeness (QED) is 0.613. The number of para-hydroxylation sites is 1. The van der Waals surface area contributed by atoms with Crippen LogP contribution in [-0.2, 0) is 16.1 Å². The Morgan fingerprint density at radius 3 is 3.00 bits per heavy atom. The van der Waals surface area contributed by atoms with Crippen molar-refractivity contribution in [2.45, 2.75) is 19.9 Å². The molecule has 1 aromatic carbocycles. The monoisotopic (exact) mass is 257 g/mol. The second-order valence-corrected chi connectivity index (χ2v) is 4.70. The van der Waals surface area contributed by atoms with Crippen LogP contribution in [0, 0.1) is 5.92 Å². The lowest BCUT2D eigenvalue weighted by Gasteiger charge is -2.22. The lowest BCUT2D eigenvalue weighted by atomic mass is 9.95. The smallest absolute Gasteiger partial charge is 0.316 e. The van der Waals surface area contributed by atoms with Gasteiger partial charge in [-0.2, -0.15) is 0 Å². The van der Waals surface area contributed by atoms with Crippen molar-refractivity contribution >= 4 is 22.7 Å². The van der Waals surface area contributed by atoms with Crippen molar-refractivity contribution in [3.8, 4) is 0 Å². The normalized spacial score (nSPS) is 18.4. The Labute approximate surface area is 111 Å². The Kier molecular flexibility index (Phi) is 2.85. The number of fused-ring (bicyclic) bond motifs is 3. The number of aromatic nitrogens is 1. The third kappa shape index (κ3) is 1.84. The number of hydrogen-bond acceptors (Lipinski definition) is 3. The number of esters is 1. The van der Waals surface area contributed by atoms with E-state index in [1.165, 1.54) is 0 Å². The van der Waals surface area contributed by atoms with Crippen molar-refractivity contribution in [1.82, 2.24) is 4.57 Å². The van der Waals surface area contributed by atoms with E-state index >= 15 is 0 Å². The van der Waals surface area contributed by atoms with Gasteiger partial charge in [-0.05, 0) is 25.5 Å². The Bertz CT molecular complexity index is 656. The molecule has 1 aliphatic rings. The Morgan fingerprint density at radius 1 is 1.42 bits per heavy atom. The minimum atomic E-state index is -0.642. The standard InChI is InChI=1S/C15H15NO3/c1-2-19-15(18)11-7-8-16-12-6-4-3-5-10(12)9-13(16)14(11)17/h3-6,9,11H,2,7-8H2,1H3. The average molecular weight is 257 g/mol. The molecule has 3 rings (SSSR count). The van der Waals surface area contributed by atoms with Gasteiger partial charge in [-0.25, -0.2) is 0 Å². The minimum absolute atomic E-state index is 0.124. The summed E-state index contributed by atoms with van der Waals surface area (Å²) < 4.78 is 6.97. The number of carbonyl (C=O) groups excluding carboxylic acids is 2. The van der Waals surface area contributed by atoms with Crippen molar-refractivity contribution in [1.29, 1.82) is 0 Å². The molecule has 1 aromatic heterocycles. The number of nitrogens with zero attached hydrogens (tertiary/aromatic N) is 1. The van der Waals surface area contributed by atoms with Crippen LogP contribution < -0.4 is 0 Å². The maximum Gasteiger partial charge on any atom is 0.316 e. The van der Waals surface area contributed by atoms with Gasteiger partial charge in [0.1, 0.15) is 5.92 Å². The van der Waals surface area contributed by atoms with Crippen molar-refractivity contribution in [2.24, 2.45) is 5.92 Å². The molecule has 2 aromatic rings. The third-order valence-corrected chi connectivity index (χ3v) is 3.59. The van der Waals surface area contributed by atoms with Crippen molar-refractivity contribution in [3.63, 3.8) is 0 Å². The van der Waals surface area contributed by atoms with Gasteiger partial charge in [0.05, 0.1) is 12.3 Å². The molecule has 4 heteroatoms. The summed E-state index contributed by atoms with van der Waals surface area (Å²) >= 11 is 0. The highest BCUT2D eigenvalue weighted by Crippen LogP contribution is 2.28. The van der Waals surface area contributed by atoms with Crippen LogP contribution in [0.1, 0.15) is 23.8 Å². The van der Waals surface area contributed by atoms with Gasteiger partial charge in [-0.1, -0.05) is 18.2 Å². The first-order chi connectivity index (χ1) is 9.22. The number of hydrogen-bond donors (Lipinski definition) is 0. The van der Waals surface area contributed by atoms with Crippen LogP contribution in [0.5, 0.6) is 0 Å². The lowest BCUT2D eigenvalue weighted by molar-refractivity contribution is -0.146. The van der Waals surface area contributed by atoms with E-state index < -0.39 is 11.9 Å². The van der Waals surface area contributed by atoms with Crippen LogP contribution in [0.25, 0.3) is 10.9 Å². The number of aryl methyl sites for hydroxylation is 1. The van der Waals surface area contributed by atoms with Crippen LogP contribution in [0.3, 0.4) is 0 Å². The predicted octanol–water partition coefficient (Wildman–Crippen LogP) is 2.41. The van der Waals surface area contributed by atoms with Gasteiger partial charge >= 0.3 is 5.97 Å². The van der Waals surface area contributed by atoms with Crippen LogP contribution in [0.15, 0.2) is 30.3 Å². The van der Waals surface area contributed by atoms with E-state index in [0.717, 1.165) is 10.9 Å². The van der Waals surface area contributed by atoms with Gasteiger partial charge in [0, 0.05) is 17.4 Å². The number of Topliss-reactive ketones (excluding diaryl/α,β-unsaturated/α-hetero) is 1. The second kappa shape index (κ2) is 4.53. The molecule has 98 valence electrons. The number of rotatable bonds is 2. The zero-order valence-electron chi connectivity index (χ0n) is 10.8. The predicted molar refractivity (Wildman–Crippen MR) is 71.0 cm³/mol. The Morgan fingerprint density at radius 2 is 2.21 bits per heavy atom. The summed E-state index contributed by atoms with van der Waals surface area (Å²) in [5, 5.41) is 1.04. The topological polar surface area (TPSA) is 48.3 Å². The van der Waals surface area contributed by atoms with Gasteiger partial charge < -0.3 is 9.30 Å². The highest BCUT2D eigenvalue weighted by atomic mass is 16.5. The lowest BCUT2D eigenvalue weighted by Crippen LogP contribution is -2.33. The zero-order chi connectivity index (χ0) is 13.4. The summed E-state index contributed by atoms with van der Waals surface area (Å²) in [6, 6.07) is 9.74. The molecule has 0 radical (unpaired) electrons. The van der Waals surface area contributed by atoms with E-state index in [-0.39, 0.29) is 5.78 Å². The largest absolute Gasteiger partial charge is 0.465 e. The van der Waals surface area contributed by atoms with Crippen molar-refractivity contribution in [2.75, 3.05) is 6.61 Å². The summed E-state index contributed by atoms with van der Waals surface area (Å²) in [7, 11) is 0. The number of ether oxygens (including phenoxy) is 1. The summed E-state index contributed by atoms with van der Waals surface area (Å²) in [4.78, 5) is 24.2. The van der Waals surface area contributed by atoms with Gasteiger partial charge in [-0.3, -0.25) is 9.59 Å². The van der Waals surface area contributed by atoms with E-state index in [1.807, 2.05) is 34.9 Å². The van der Waals surface area contributed by atoms with E-state index in [9.17, 15) is 9.59 Å². The van der Waals surface area contributed by atoms with E-state index in [0.29, 0.717) is 25.3 Å². The molecule has 19 heavy (non-hydrogen) atoms. The molecule has 0 amide bonds. The first-order valence-corrected chi connectivity index (χ1v) is 6.51. The van der Waals surface area contributed by atoms with E-state index in [4.69, 9.17) is 4.74 Å². The fraction of sp³-hybridized carbons (Fsp3) is 0.333. The molecule has 1 unspecified atom stereocenters. The SMILES string of the molecule is CCOC(=O)C1CCn2c(cc3ccccc32)C1=O. The molecule has 0 aliphatic carbocycles. The third-order valence-electron chi connectivity index (χ3n) is 3.59. The van der Waals surface area contributed by atoms with Crippen LogP contribution in [0.4, 0.5) is 0 Å². The van der Waals surface area contributed by atoms with E-state index in [2.05, 4.69) is 0 Å². The Balaban J connectivity index is 2.02. The van der Waals surface area contributed by atoms with Crippen molar-refractivity contribution in [3.05, 3.63) is 36.0 Å². The number of carbonyl (C=O) groups is 2. The summed E-state index contributed by atoms with van der Waals surface area (Å²) in [6.07, 6.45) is 0.517. The summed E-state index contributed by atoms with van der Waals surface area (Å²) in [5.74, 6) is -1.17. The molecule has 1 atom stereocenters. The molecule has 1 aliphatic heterocycles. The first kappa shape index (κ1) is 12.0. The molecule has 0 bridgehead atoms. The minimum Gasteiger partial charge on any atom is -0.465 e. The highest BCUT2D eigenvalue weighted by molar-refractivity contribution is 6.10. The summed E-state index contributed by atoms with van der Waals surface area (Å²) in [6.45, 7) is 2.74. The molecule has 0 saturated carbocycles. The number of ketones is 1. The molecular formula is C15H15NO3. The molecule has 0 N–H and O–H groups in total. The fourth-order valence-electron chi connectivity index (χ4n) is 2.69. The molecule has 0 spiro atoms. The average Bonchev–Trinajstić information content (AvgIpc) is 2.79. The maximum atomic E-state index is 12.4. The van der Waals surface area contributed by atoms with E-state index in [1.54, 1.807) is 6.92 Å². The fourth-order valence-corrected chi connectivity index (χ4v) is 2.69. The molecule has 2 heterocycles. The van der Waals surface area contributed by atoms with Gasteiger partial charge in [-0.15, -0.1) is 0 Å².